The van der Waals surface area contributed by atoms with Gasteiger partial charge in [0.25, 0.3) is 0 Å². The van der Waals surface area contributed by atoms with Crippen LogP contribution in [0.3, 0.4) is 0 Å². The fraction of sp³-hybridized carbons (Fsp3) is 0.800. The third-order valence-corrected chi connectivity index (χ3v) is 2.82. The summed E-state index contributed by atoms with van der Waals surface area (Å²) in [5.41, 5.74) is 5.03. The number of nitrogens with one attached hydrogen (secondary N) is 1. The van der Waals surface area contributed by atoms with E-state index in [2.05, 4.69) is 10.5 Å². The number of carbonyl (C=O) groups excluding carboxylic acids is 1. The lowest BCUT2D eigenvalue weighted by Gasteiger charge is -2.35. The van der Waals surface area contributed by atoms with E-state index in [1.807, 2.05) is 6.92 Å². The number of amides is 1. The van der Waals surface area contributed by atoms with Crippen molar-refractivity contribution in [2.45, 2.75) is 32.2 Å². The van der Waals surface area contributed by atoms with Crippen molar-refractivity contribution in [1.29, 1.82) is 0 Å². The highest BCUT2D eigenvalue weighted by molar-refractivity contribution is 6.01. The number of ether oxygens (including phenoxy) is 1. The van der Waals surface area contributed by atoms with E-state index in [0.29, 0.717) is 6.61 Å². The summed E-state index contributed by atoms with van der Waals surface area (Å²) in [5.74, 6) is -0.968. The Morgan fingerprint density at radius 1 is 1.69 bits per heavy atom. The van der Waals surface area contributed by atoms with Crippen LogP contribution < -0.4 is 11.1 Å². The summed E-state index contributed by atoms with van der Waals surface area (Å²) in [4.78, 5) is 11.8. The minimum absolute atomic E-state index is 0.0853. The molecular weight excluding hydrogens is 210 g/mol. The lowest BCUT2D eigenvalue weighted by molar-refractivity contribution is -0.126. The molecule has 0 radical (unpaired) electrons. The summed E-state index contributed by atoms with van der Waals surface area (Å²) >= 11 is 0. The standard InChI is InChI=1S/C10H19N3O3/c1-7(8(11)13-15)9(14)12-10(2)4-3-5-16-6-10/h7,15H,3-6H2,1-2H3,(H2,11,13)(H,12,14). The summed E-state index contributed by atoms with van der Waals surface area (Å²) in [7, 11) is 0. The minimum Gasteiger partial charge on any atom is -0.409 e. The van der Waals surface area contributed by atoms with Gasteiger partial charge in [-0.15, -0.1) is 0 Å². The summed E-state index contributed by atoms with van der Waals surface area (Å²) in [5, 5.41) is 14.2. The Kier molecular flexibility index (Phi) is 4.12. The highest BCUT2D eigenvalue weighted by Crippen LogP contribution is 2.18. The van der Waals surface area contributed by atoms with Gasteiger partial charge in [0.1, 0.15) is 0 Å². The van der Waals surface area contributed by atoms with E-state index in [1.54, 1.807) is 6.92 Å². The van der Waals surface area contributed by atoms with Gasteiger partial charge in [0.05, 0.1) is 18.1 Å². The molecule has 92 valence electrons. The van der Waals surface area contributed by atoms with Crippen LogP contribution in [0.2, 0.25) is 0 Å². The lowest BCUT2D eigenvalue weighted by atomic mass is 9.94. The molecule has 6 heteroatoms. The number of rotatable bonds is 3. The van der Waals surface area contributed by atoms with Gasteiger partial charge in [-0.3, -0.25) is 4.79 Å². The molecule has 0 aromatic rings. The monoisotopic (exact) mass is 229 g/mol. The number of amidine groups is 1. The van der Waals surface area contributed by atoms with Crippen molar-refractivity contribution in [1.82, 2.24) is 5.32 Å². The predicted octanol–water partition coefficient (Wildman–Crippen LogP) is 0.0542. The molecule has 6 nitrogen and oxygen atoms in total. The normalized spacial score (nSPS) is 28.5. The Balaban J connectivity index is 2.56. The molecule has 1 saturated heterocycles. The Labute approximate surface area is 94.8 Å². The smallest absolute Gasteiger partial charge is 0.231 e. The third kappa shape index (κ3) is 3.10. The first-order valence-corrected chi connectivity index (χ1v) is 5.36. The Morgan fingerprint density at radius 2 is 2.38 bits per heavy atom. The van der Waals surface area contributed by atoms with E-state index in [4.69, 9.17) is 15.7 Å². The summed E-state index contributed by atoms with van der Waals surface area (Å²) < 4.78 is 5.33. The van der Waals surface area contributed by atoms with E-state index in [9.17, 15) is 4.79 Å². The second kappa shape index (κ2) is 5.16. The molecule has 0 saturated carbocycles. The molecule has 2 unspecified atom stereocenters. The molecule has 1 heterocycles. The highest BCUT2D eigenvalue weighted by Gasteiger charge is 2.31. The lowest BCUT2D eigenvalue weighted by Crippen LogP contribution is -2.54. The fourth-order valence-electron chi connectivity index (χ4n) is 1.66. The van der Waals surface area contributed by atoms with Crippen LogP contribution in [0.25, 0.3) is 0 Å². The number of hydrogen-bond donors (Lipinski definition) is 3. The molecule has 0 spiro atoms. The zero-order valence-corrected chi connectivity index (χ0v) is 9.69. The first-order chi connectivity index (χ1) is 7.48. The maximum absolute atomic E-state index is 11.8. The van der Waals surface area contributed by atoms with E-state index in [1.165, 1.54) is 0 Å². The van der Waals surface area contributed by atoms with Gasteiger partial charge >= 0.3 is 0 Å². The maximum atomic E-state index is 11.8. The summed E-state index contributed by atoms with van der Waals surface area (Å²) in [6.45, 7) is 4.77. The topological polar surface area (TPSA) is 96.9 Å². The van der Waals surface area contributed by atoms with Crippen molar-refractivity contribution in [3.8, 4) is 0 Å². The van der Waals surface area contributed by atoms with Gasteiger partial charge in [-0.2, -0.15) is 0 Å². The van der Waals surface area contributed by atoms with Crippen LogP contribution in [-0.2, 0) is 9.53 Å². The largest absolute Gasteiger partial charge is 0.409 e. The average Bonchev–Trinajstić information content (AvgIpc) is 2.27. The van der Waals surface area contributed by atoms with Crippen LogP contribution in [0.1, 0.15) is 26.7 Å². The van der Waals surface area contributed by atoms with Crippen LogP contribution in [0.15, 0.2) is 5.16 Å². The molecule has 0 aliphatic carbocycles. The number of oxime groups is 1. The quantitative estimate of drug-likeness (QED) is 0.276. The summed E-state index contributed by atoms with van der Waals surface area (Å²) in [6, 6.07) is 0. The zero-order valence-electron chi connectivity index (χ0n) is 9.69. The molecule has 2 atom stereocenters. The molecule has 1 rings (SSSR count). The zero-order chi connectivity index (χ0) is 12.2. The van der Waals surface area contributed by atoms with Crippen LogP contribution in [0.4, 0.5) is 0 Å². The third-order valence-electron chi connectivity index (χ3n) is 2.82. The first-order valence-electron chi connectivity index (χ1n) is 5.36. The Bertz CT molecular complexity index is 285. The van der Waals surface area contributed by atoms with Crippen LogP contribution >= 0.6 is 0 Å². The van der Waals surface area contributed by atoms with Crippen molar-refractivity contribution in [3.05, 3.63) is 0 Å². The van der Waals surface area contributed by atoms with E-state index < -0.39 is 5.92 Å². The molecule has 4 N–H and O–H groups in total. The van der Waals surface area contributed by atoms with E-state index >= 15 is 0 Å². The van der Waals surface area contributed by atoms with Crippen molar-refractivity contribution in [2.24, 2.45) is 16.8 Å². The van der Waals surface area contributed by atoms with Crippen LogP contribution in [0, 0.1) is 5.92 Å². The number of hydrogen-bond acceptors (Lipinski definition) is 4. The van der Waals surface area contributed by atoms with E-state index in [-0.39, 0.29) is 17.3 Å². The van der Waals surface area contributed by atoms with Gasteiger partial charge in [-0.1, -0.05) is 5.16 Å². The molecule has 1 fully saturated rings. The number of nitrogens with two attached hydrogens (primary N) is 1. The van der Waals surface area contributed by atoms with Gasteiger partial charge in [0.15, 0.2) is 5.84 Å². The van der Waals surface area contributed by atoms with Gasteiger partial charge in [0, 0.05) is 6.61 Å². The van der Waals surface area contributed by atoms with Crippen molar-refractivity contribution < 1.29 is 14.7 Å². The molecular formula is C10H19N3O3. The molecule has 0 aromatic carbocycles. The molecule has 1 amide bonds. The van der Waals surface area contributed by atoms with Gasteiger partial charge < -0.3 is 21.0 Å². The SMILES string of the molecule is CC(C(=O)NC1(C)CCCOC1)C(N)=NO. The van der Waals surface area contributed by atoms with Crippen LogP contribution in [-0.4, -0.2) is 35.7 Å². The van der Waals surface area contributed by atoms with Crippen molar-refractivity contribution in [3.63, 3.8) is 0 Å². The van der Waals surface area contributed by atoms with Gasteiger partial charge in [-0.25, -0.2) is 0 Å². The van der Waals surface area contributed by atoms with Gasteiger partial charge in [0.2, 0.25) is 5.91 Å². The maximum Gasteiger partial charge on any atom is 0.231 e. The fourth-order valence-corrected chi connectivity index (χ4v) is 1.66. The average molecular weight is 229 g/mol. The number of nitrogens with zero attached hydrogens (tertiary/aromatic N) is 1. The van der Waals surface area contributed by atoms with Crippen molar-refractivity contribution in [2.75, 3.05) is 13.2 Å². The molecule has 1 aliphatic rings. The Hall–Kier alpha value is -1.30. The molecule has 1 aliphatic heterocycles. The Morgan fingerprint density at radius 3 is 2.88 bits per heavy atom. The second-order valence-corrected chi connectivity index (χ2v) is 4.45. The predicted molar refractivity (Wildman–Crippen MR) is 59.2 cm³/mol. The summed E-state index contributed by atoms with van der Waals surface area (Å²) in [6.07, 6.45) is 1.80. The number of carbonyl (C=O) groups is 1. The molecule has 0 bridgehead atoms. The van der Waals surface area contributed by atoms with Crippen LogP contribution in [0.5, 0.6) is 0 Å². The van der Waals surface area contributed by atoms with Crippen molar-refractivity contribution >= 4 is 11.7 Å². The molecule has 0 aromatic heterocycles. The van der Waals surface area contributed by atoms with Gasteiger partial charge in [-0.05, 0) is 26.7 Å². The molecule has 16 heavy (non-hydrogen) atoms. The second-order valence-electron chi connectivity index (χ2n) is 4.45. The van der Waals surface area contributed by atoms with E-state index in [0.717, 1.165) is 19.4 Å². The highest BCUT2D eigenvalue weighted by atomic mass is 16.5. The first kappa shape index (κ1) is 12.8. The minimum atomic E-state index is -0.635.